The minimum atomic E-state index is -0.313. The summed E-state index contributed by atoms with van der Waals surface area (Å²) in [6.07, 6.45) is 17.2. The van der Waals surface area contributed by atoms with E-state index < -0.39 is 0 Å². The summed E-state index contributed by atoms with van der Waals surface area (Å²) in [6, 6.07) is 0. The van der Waals surface area contributed by atoms with Crippen molar-refractivity contribution in [1.29, 1.82) is 0 Å². The lowest BCUT2D eigenvalue weighted by Gasteiger charge is -2.11. The fourth-order valence-electron chi connectivity index (χ4n) is 2.68. The van der Waals surface area contributed by atoms with Crippen LogP contribution in [0.3, 0.4) is 0 Å². The van der Waals surface area contributed by atoms with Gasteiger partial charge in [0.25, 0.3) is 0 Å². The highest BCUT2D eigenvalue weighted by molar-refractivity contribution is 7.97. The minimum Gasteiger partial charge on any atom is -0.462 e. The van der Waals surface area contributed by atoms with E-state index >= 15 is 0 Å². The molecule has 0 aliphatic heterocycles. The van der Waals surface area contributed by atoms with Gasteiger partial charge in [0.2, 0.25) is 0 Å². The number of carbonyl (C=O) groups excluding carboxylic acids is 1. The van der Waals surface area contributed by atoms with Gasteiger partial charge >= 0.3 is 5.97 Å². The van der Waals surface area contributed by atoms with Gasteiger partial charge in [-0.2, -0.15) is 0 Å². The van der Waals surface area contributed by atoms with E-state index in [-0.39, 0.29) is 18.0 Å². The monoisotopic (exact) mass is 378 g/mol. The number of ether oxygens (including phenoxy) is 1. The van der Waals surface area contributed by atoms with Crippen LogP contribution in [-0.2, 0) is 9.53 Å². The number of thiol groups is 1. The zero-order valence-electron chi connectivity index (χ0n) is 15.9. The van der Waals surface area contributed by atoms with Crippen molar-refractivity contribution in [3.05, 3.63) is 0 Å². The zero-order chi connectivity index (χ0) is 17.9. The first-order valence-corrected chi connectivity index (χ1v) is 11.6. The van der Waals surface area contributed by atoms with Crippen LogP contribution in [0.4, 0.5) is 0 Å². The molecule has 0 aliphatic rings. The van der Waals surface area contributed by atoms with E-state index in [1.165, 1.54) is 81.3 Å². The summed E-state index contributed by atoms with van der Waals surface area (Å²) in [5, 5.41) is 2.36. The predicted molar refractivity (Wildman–Crippen MR) is 112 cm³/mol. The van der Waals surface area contributed by atoms with Gasteiger partial charge in [-0.05, 0) is 38.4 Å². The summed E-state index contributed by atoms with van der Waals surface area (Å²) < 4.78 is 5.13. The van der Waals surface area contributed by atoms with Crippen LogP contribution < -0.4 is 0 Å². The SMILES string of the molecule is CCCCCCCCCCCC[SH]=CCCC[C@@H](C)OC(=O)CCl. The van der Waals surface area contributed by atoms with Crippen LogP contribution in [0, 0.1) is 0 Å². The van der Waals surface area contributed by atoms with Gasteiger partial charge in [-0.25, -0.2) is 11.4 Å². The van der Waals surface area contributed by atoms with E-state index in [1.807, 2.05) is 6.92 Å². The Labute approximate surface area is 159 Å². The van der Waals surface area contributed by atoms with Gasteiger partial charge in [0.05, 0.1) is 6.10 Å². The van der Waals surface area contributed by atoms with Crippen LogP contribution in [0.15, 0.2) is 0 Å². The fraction of sp³-hybridized carbons (Fsp3) is 0.900. The minimum absolute atomic E-state index is 0.0108. The molecule has 0 N–H and O–H groups in total. The van der Waals surface area contributed by atoms with Crippen molar-refractivity contribution in [3.63, 3.8) is 0 Å². The maximum Gasteiger partial charge on any atom is 0.321 e. The maximum absolute atomic E-state index is 11.0. The number of hydrogen-bond donors (Lipinski definition) is 1. The topological polar surface area (TPSA) is 26.3 Å². The van der Waals surface area contributed by atoms with Crippen LogP contribution >= 0.6 is 23.0 Å². The van der Waals surface area contributed by atoms with E-state index in [1.54, 1.807) is 0 Å². The third-order valence-electron chi connectivity index (χ3n) is 4.16. The van der Waals surface area contributed by atoms with E-state index in [9.17, 15) is 4.79 Å². The van der Waals surface area contributed by atoms with Crippen molar-refractivity contribution in [2.24, 2.45) is 0 Å². The van der Waals surface area contributed by atoms with E-state index in [0.29, 0.717) is 0 Å². The second-order valence-corrected chi connectivity index (χ2v) is 8.08. The lowest BCUT2D eigenvalue weighted by Crippen LogP contribution is -2.15. The first kappa shape index (κ1) is 24.0. The maximum atomic E-state index is 11.0. The summed E-state index contributed by atoms with van der Waals surface area (Å²) in [5.74, 6) is 0.938. The third kappa shape index (κ3) is 18.3. The molecule has 0 aromatic rings. The fourth-order valence-corrected chi connectivity index (χ4v) is 3.70. The van der Waals surface area contributed by atoms with Gasteiger partial charge in [0.15, 0.2) is 0 Å². The zero-order valence-corrected chi connectivity index (χ0v) is 17.6. The van der Waals surface area contributed by atoms with Gasteiger partial charge in [-0.15, -0.1) is 11.6 Å². The Kier molecular flexibility index (Phi) is 19.3. The number of rotatable bonds is 17. The first-order chi connectivity index (χ1) is 11.7. The van der Waals surface area contributed by atoms with Crippen LogP contribution in [0.2, 0.25) is 0 Å². The molecule has 0 bridgehead atoms. The molecule has 0 rings (SSSR count). The average Bonchev–Trinajstić information content (AvgIpc) is 2.58. The van der Waals surface area contributed by atoms with Crippen LogP contribution in [0.25, 0.3) is 0 Å². The number of carbonyl (C=O) groups is 1. The van der Waals surface area contributed by atoms with Gasteiger partial charge in [-0.3, -0.25) is 4.79 Å². The lowest BCUT2D eigenvalue weighted by atomic mass is 10.1. The van der Waals surface area contributed by atoms with Crippen molar-refractivity contribution < 1.29 is 9.53 Å². The Bertz CT molecular complexity index is 308. The van der Waals surface area contributed by atoms with Crippen molar-refractivity contribution >= 4 is 34.3 Å². The van der Waals surface area contributed by atoms with E-state index in [0.717, 1.165) is 19.3 Å². The smallest absolute Gasteiger partial charge is 0.321 e. The molecule has 0 saturated heterocycles. The summed E-state index contributed by atoms with van der Waals surface area (Å²) in [4.78, 5) is 11.0. The Balaban J connectivity index is 3.23. The number of hydrogen-bond acceptors (Lipinski definition) is 2. The third-order valence-corrected chi connectivity index (χ3v) is 5.46. The molecule has 0 aromatic heterocycles. The molecule has 0 heterocycles. The molecule has 0 aliphatic carbocycles. The average molecular weight is 379 g/mol. The number of esters is 1. The quantitative estimate of drug-likeness (QED) is 0.102. The number of unbranched alkanes of at least 4 members (excludes halogenated alkanes) is 10. The summed E-state index contributed by atoms with van der Waals surface area (Å²) in [7, 11) is 0. The Morgan fingerprint density at radius 1 is 1.00 bits per heavy atom. The van der Waals surface area contributed by atoms with Gasteiger partial charge in [0.1, 0.15) is 5.88 Å². The summed E-state index contributed by atoms with van der Waals surface area (Å²) in [5.41, 5.74) is 0. The molecule has 0 radical (unpaired) electrons. The molecule has 1 atom stereocenters. The van der Waals surface area contributed by atoms with Crippen molar-refractivity contribution in [3.8, 4) is 0 Å². The molecule has 24 heavy (non-hydrogen) atoms. The second kappa shape index (κ2) is 19.3. The van der Waals surface area contributed by atoms with Crippen LogP contribution in [-0.4, -0.2) is 29.1 Å². The van der Waals surface area contributed by atoms with Gasteiger partial charge in [-0.1, -0.05) is 70.1 Å². The Hall–Kier alpha value is -0.0200. The van der Waals surface area contributed by atoms with E-state index in [2.05, 4.69) is 12.3 Å². The molecule has 0 saturated carbocycles. The Morgan fingerprint density at radius 2 is 1.58 bits per heavy atom. The van der Waals surface area contributed by atoms with Crippen LogP contribution in [0.1, 0.15) is 97.3 Å². The molecule has 0 spiro atoms. The van der Waals surface area contributed by atoms with Gasteiger partial charge in [0, 0.05) is 0 Å². The molecule has 4 heteroatoms. The molecular weight excluding hydrogens is 340 g/mol. The van der Waals surface area contributed by atoms with E-state index in [4.69, 9.17) is 16.3 Å². The largest absolute Gasteiger partial charge is 0.462 e. The first-order valence-electron chi connectivity index (χ1n) is 9.94. The molecule has 0 aromatic carbocycles. The Morgan fingerprint density at radius 3 is 2.17 bits per heavy atom. The van der Waals surface area contributed by atoms with Crippen LogP contribution in [0.5, 0.6) is 0 Å². The van der Waals surface area contributed by atoms with Gasteiger partial charge < -0.3 is 4.74 Å². The molecular formula is C20H39ClO2S. The second-order valence-electron chi connectivity index (χ2n) is 6.64. The molecule has 0 fully saturated rings. The highest BCUT2D eigenvalue weighted by atomic mass is 35.5. The number of halogens is 1. The van der Waals surface area contributed by atoms with Crippen molar-refractivity contribution in [1.82, 2.24) is 0 Å². The molecule has 144 valence electrons. The van der Waals surface area contributed by atoms with Crippen molar-refractivity contribution in [2.45, 2.75) is 103 Å². The summed E-state index contributed by atoms with van der Waals surface area (Å²) in [6.45, 7) is 4.21. The predicted octanol–water partition coefficient (Wildman–Crippen LogP) is 6.52. The lowest BCUT2D eigenvalue weighted by molar-refractivity contribution is -0.145. The molecule has 0 unspecified atom stereocenters. The van der Waals surface area contributed by atoms with Crippen molar-refractivity contribution in [2.75, 3.05) is 11.6 Å². The molecule has 2 nitrogen and oxygen atoms in total. The normalized spacial score (nSPS) is 13.0. The standard InChI is InChI=1S/C20H39ClO2S/c1-3-4-5-6-7-8-9-10-11-13-16-24-17-14-12-15-19(2)23-20(22)18-21/h17,19,24H,3-16,18H2,1-2H3/t19-/m1/s1. The highest BCUT2D eigenvalue weighted by Gasteiger charge is 2.06. The molecule has 0 amide bonds. The number of alkyl halides is 1. The highest BCUT2D eigenvalue weighted by Crippen LogP contribution is 2.11. The summed E-state index contributed by atoms with van der Waals surface area (Å²) >= 11 is 6.88.